The number of azo groups is 1. The van der Waals surface area contributed by atoms with Gasteiger partial charge in [0.15, 0.2) is 6.04 Å². The Balaban J connectivity index is 2.82. The maximum atomic E-state index is 8.73. The average Bonchev–Trinajstić information content (AvgIpc) is 2.21. The minimum atomic E-state index is -0.638. The van der Waals surface area contributed by atoms with Gasteiger partial charge >= 0.3 is 0 Å². The van der Waals surface area contributed by atoms with Crippen molar-refractivity contribution in [3.05, 3.63) is 29.3 Å². The lowest BCUT2D eigenvalue weighted by atomic mass is 10.2. The highest BCUT2D eigenvalue weighted by Gasteiger charge is 2.10. The molecule has 0 aliphatic heterocycles. The molecule has 0 aromatic heterocycles. The topological polar surface area (TPSA) is 74.5 Å². The van der Waals surface area contributed by atoms with E-state index in [1.54, 1.807) is 31.2 Å². The lowest BCUT2D eigenvalue weighted by Gasteiger charge is -2.05. The monoisotopic (exact) mass is 222 g/mol. The zero-order valence-corrected chi connectivity index (χ0v) is 9.02. The fourth-order valence-electron chi connectivity index (χ4n) is 0.906. The highest BCUT2D eigenvalue weighted by atomic mass is 35.5. The van der Waals surface area contributed by atoms with Crippen LogP contribution < -0.4 is 5.73 Å². The molecule has 2 unspecified atom stereocenters. The number of benzene rings is 1. The maximum absolute atomic E-state index is 8.73. The van der Waals surface area contributed by atoms with Crippen LogP contribution in [0.25, 0.3) is 0 Å². The molecule has 2 N–H and O–H groups in total. The van der Waals surface area contributed by atoms with E-state index in [0.29, 0.717) is 10.7 Å². The molecule has 0 heterocycles. The van der Waals surface area contributed by atoms with E-state index in [-0.39, 0.29) is 6.04 Å². The zero-order valence-electron chi connectivity index (χ0n) is 8.26. The molecule has 0 fully saturated rings. The van der Waals surface area contributed by atoms with Crippen LogP contribution >= 0.6 is 11.6 Å². The fourth-order valence-corrected chi connectivity index (χ4v) is 1.08. The van der Waals surface area contributed by atoms with Crippen molar-refractivity contribution in [3.8, 4) is 6.07 Å². The number of hydrogen-bond donors (Lipinski definition) is 1. The van der Waals surface area contributed by atoms with Crippen LogP contribution in [-0.2, 0) is 0 Å². The first-order valence-electron chi connectivity index (χ1n) is 4.45. The smallest absolute Gasteiger partial charge is 0.172 e. The van der Waals surface area contributed by atoms with E-state index in [0.717, 1.165) is 0 Å². The van der Waals surface area contributed by atoms with Gasteiger partial charge in [0, 0.05) is 6.04 Å². The normalized spacial score (nSPS) is 14.8. The second kappa shape index (κ2) is 5.44. The summed E-state index contributed by atoms with van der Waals surface area (Å²) in [5.41, 5.74) is 6.08. The number of nitrogens with two attached hydrogens (primary N) is 1. The summed E-state index contributed by atoms with van der Waals surface area (Å²) in [6.45, 7) is 1.71. The molecule has 4 nitrogen and oxygen atoms in total. The Kier molecular flexibility index (Phi) is 4.22. The van der Waals surface area contributed by atoms with Crippen molar-refractivity contribution in [1.29, 1.82) is 5.26 Å². The number of halogens is 1. The predicted octanol–water partition coefficient (Wildman–Crippen LogP) is 2.66. The van der Waals surface area contributed by atoms with Gasteiger partial charge in [0.25, 0.3) is 0 Å². The van der Waals surface area contributed by atoms with Crippen LogP contribution in [0.2, 0.25) is 5.02 Å². The van der Waals surface area contributed by atoms with Crippen molar-refractivity contribution in [2.45, 2.75) is 19.0 Å². The first kappa shape index (κ1) is 11.6. The molecule has 2 atom stereocenters. The van der Waals surface area contributed by atoms with Crippen LogP contribution in [0.1, 0.15) is 6.92 Å². The summed E-state index contributed by atoms with van der Waals surface area (Å²) in [7, 11) is 0. The Morgan fingerprint density at radius 2 is 2.13 bits per heavy atom. The van der Waals surface area contributed by atoms with Crippen molar-refractivity contribution in [1.82, 2.24) is 0 Å². The Morgan fingerprint density at radius 1 is 1.47 bits per heavy atom. The number of nitriles is 1. The molecule has 78 valence electrons. The molecule has 15 heavy (non-hydrogen) atoms. The van der Waals surface area contributed by atoms with Gasteiger partial charge in [0.05, 0.1) is 11.1 Å². The average molecular weight is 223 g/mol. The van der Waals surface area contributed by atoms with Crippen molar-refractivity contribution in [2.24, 2.45) is 16.0 Å². The van der Waals surface area contributed by atoms with Gasteiger partial charge in [0.2, 0.25) is 0 Å². The summed E-state index contributed by atoms with van der Waals surface area (Å²) in [6, 6.07) is 8.01. The van der Waals surface area contributed by atoms with Crippen molar-refractivity contribution in [2.75, 3.05) is 0 Å². The summed E-state index contributed by atoms with van der Waals surface area (Å²) in [5.74, 6) is 0. The third kappa shape index (κ3) is 3.31. The minimum Gasteiger partial charge on any atom is -0.325 e. The van der Waals surface area contributed by atoms with Gasteiger partial charge in [-0.1, -0.05) is 23.7 Å². The number of nitrogens with zero attached hydrogens (tertiary/aromatic N) is 3. The van der Waals surface area contributed by atoms with Crippen LogP contribution in [0.5, 0.6) is 0 Å². The molecule has 0 aliphatic rings. The van der Waals surface area contributed by atoms with E-state index in [1.165, 1.54) is 0 Å². The van der Waals surface area contributed by atoms with E-state index in [9.17, 15) is 0 Å². The Bertz CT molecular complexity index is 395. The van der Waals surface area contributed by atoms with Gasteiger partial charge in [-0.3, -0.25) is 0 Å². The summed E-state index contributed by atoms with van der Waals surface area (Å²) in [6.07, 6.45) is 0. The van der Waals surface area contributed by atoms with E-state index in [4.69, 9.17) is 22.6 Å². The predicted molar refractivity (Wildman–Crippen MR) is 59.0 cm³/mol. The van der Waals surface area contributed by atoms with Crippen molar-refractivity contribution in [3.63, 3.8) is 0 Å². The molecular formula is C10H11ClN4. The van der Waals surface area contributed by atoms with Gasteiger partial charge < -0.3 is 5.73 Å². The molecule has 0 bridgehead atoms. The second-order valence-corrected chi connectivity index (χ2v) is 3.51. The minimum absolute atomic E-state index is 0.346. The molecule has 1 aromatic carbocycles. The van der Waals surface area contributed by atoms with Gasteiger partial charge in [-0.25, -0.2) is 0 Å². The highest BCUT2D eigenvalue weighted by molar-refractivity contribution is 6.32. The molecular weight excluding hydrogens is 212 g/mol. The summed E-state index contributed by atoms with van der Waals surface area (Å²) in [4.78, 5) is 0. The van der Waals surface area contributed by atoms with E-state index in [1.807, 2.05) is 6.07 Å². The van der Waals surface area contributed by atoms with Crippen LogP contribution in [0.4, 0.5) is 5.69 Å². The van der Waals surface area contributed by atoms with E-state index < -0.39 is 6.04 Å². The SMILES string of the molecule is CC(N)C(C#N)N=Nc1ccccc1Cl. The number of rotatable bonds is 3. The van der Waals surface area contributed by atoms with Crippen molar-refractivity contribution >= 4 is 17.3 Å². The standard InChI is InChI=1S/C10H11ClN4/c1-7(13)10(6-12)15-14-9-5-3-2-4-8(9)11/h2-5,7,10H,13H2,1H3. The Morgan fingerprint density at radius 3 is 2.67 bits per heavy atom. The van der Waals surface area contributed by atoms with Gasteiger partial charge in [-0.2, -0.15) is 15.5 Å². The number of hydrogen-bond acceptors (Lipinski definition) is 4. The third-order valence-electron chi connectivity index (χ3n) is 1.77. The molecule has 0 amide bonds. The first-order valence-corrected chi connectivity index (χ1v) is 4.83. The lowest BCUT2D eigenvalue weighted by molar-refractivity contribution is 0.639. The van der Waals surface area contributed by atoms with Crippen LogP contribution in [0.3, 0.4) is 0 Å². The van der Waals surface area contributed by atoms with E-state index >= 15 is 0 Å². The van der Waals surface area contributed by atoms with Crippen molar-refractivity contribution < 1.29 is 0 Å². The van der Waals surface area contributed by atoms with Crippen LogP contribution in [0, 0.1) is 11.3 Å². The maximum Gasteiger partial charge on any atom is 0.172 e. The summed E-state index contributed by atoms with van der Waals surface area (Å²) < 4.78 is 0. The fraction of sp³-hybridized carbons (Fsp3) is 0.300. The molecule has 1 aromatic rings. The highest BCUT2D eigenvalue weighted by Crippen LogP contribution is 2.24. The van der Waals surface area contributed by atoms with Gasteiger partial charge in [-0.05, 0) is 19.1 Å². The first-order chi connectivity index (χ1) is 7.15. The summed E-state index contributed by atoms with van der Waals surface area (Å²) >= 11 is 5.86. The second-order valence-electron chi connectivity index (χ2n) is 3.10. The van der Waals surface area contributed by atoms with Gasteiger partial charge in [-0.15, -0.1) is 0 Å². The molecule has 0 saturated carbocycles. The molecule has 0 saturated heterocycles. The zero-order chi connectivity index (χ0) is 11.3. The molecule has 5 heteroatoms. The summed E-state index contributed by atoms with van der Waals surface area (Å²) in [5, 5.41) is 16.9. The molecule has 0 radical (unpaired) electrons. The molecule has 1 rings (SSSR count). The Hall–Kier alpha value is -1.44. The molecule has 0 aliphatic carbocycles. The largest absolute Gasteiger partial charge is 0.325 e. The van der Waals surface area contributed by atoms with Gasteiger partial charge in [0.1, 0.15) is 5.69 Å². The quantitative estimate of drug-likeness (QED) is 0.799. The van der Waals surface area contributed by atoms with E-state index in [2.05, 4.69) is 10.2 Å². The molecule has 0 spiro atoms. The van der Waals surface area contributed by atoms with Crippen LogP contribution in [0.15, 0.2) is 34.5 Å². The lowest BCUT2D eigenvalue weighted by Crippen LogP contribution is -2.28. The Labute approximate surface area is 93.4 Å². The van der Waals surface area contributed by atoms with Crippen LogP contribution in [-0.4, -0.2) is 12.1 Å². The third-order valence-corrected chi connectivity index (χ3v) is 2.09.